The molecule has 6 rings (SSSR count). The summed E-state index contributed by atoms with van der Waals surface area (Å²) >= 11 is 0. The average Bonchev–Trinajstić information content (AvgIpc) is 2.63. The molecule has 4 fully saturated rings. The maximum Gasteiger partial charge on any atom is 0.255 e. The number of hydrogen-bond acceptors (Lipinski definition) is 1. The molecule has 1 amide bonds. The van der Waals surface area contributed by atoms with E-state index in [1.54, 1.807) is 0 Å². The highest BCUT2D eigenvalue weighted by atomic mass is 16.1. The first-order valence-electron chi connectivity index (χ1n) is 10.5. The maximum atomic E-state index is 12.6. The SMILES string of the molecule is Cc1ccc(C(=O)Nc2ccc(C34CC5CC(CC(C5)C3)C4)cc2)cc1C. The third kappa shape index (κ3) is 2.99. The summed E-state index contributed by atoms with van der Waals surface area (Å²) in [6.07, 6.45) is 8.57. The molecule has 2 nitrogen and oxygen atoms in total. The van der Waals surface area contributed by atoms with Gasteiger partial charge in [-0.15, -0.1) is 0 Å². The molecule has 0 unspecified atom stereocenters. The van der Waals surface area contributed by atoms with Gasteiger partial charge in [-0.2, -0.15) is 0 Å². The normalized spacial score (nSPS) is 31.1. The van der Waals surface area contributed by atoms with Gasteiger partial charge in [0, 0.05) is 11.3 Å². The van der Waals surface area contributed by atoms with Crippen LogP contribution in [-0.4, -0.2) is 5.91 Å². The van der Waals surface area contributed by atoms with E-state index < -0.39 is 0 Å². The van der Waals surface area contributed by atoms with Crippen LogP contribution in [0.4, 0.5) is 5.69 Å². The van der Waals surface area contributed by atoms with Gasteiger partial charge in [0.2, 0.25) is 0 Å². The third-order valence-corrected chi connectivity index (χ3v) is 7.56. The molecule has 0 saturated heterocycles. The van der Waals surface area contributed by atoms with Gasteiger partial charge in [0.25, 0.3) is 5.91 Å². The lowest BCUT2D eigenvalue weighted by Crippen LogP contribution is -2.48. The monoisotopic (exact) mass is 359 g/mol. The Morgan fingerprint density at radius 3 is 2.00 bits per heavy atom. The van der Waals surface area contributed by atoms with Crippen LogP contribution in [0.5, 0.6) is 0 Å². The number of carbonyl (C=O) groups excluding carboxylic acids is 1. The molecule has 2 heteroatoms. The fraction of sp³-hybridized carbons (Fsp3) is 0.480. The first-order chi connectivity index (χ1) is 13.0. The molecular formula is C25H29NO. The fourth-order valence-electron chi connectivity index (χ4n) is 6.46. The largest absolute Gasteiger partial charge is 0.322 e. The Morgan fingerprint density at radius 1 is 0.852 bits per heavy atom. The van der Waals surface area contributed by atoms with Crippen LogP contribution in [0.15, 0.2) is 42.5 Å². The average molecular weight is 360 g/mol. The van der Waals surface area contributed by atoms with Crippen molar-refractivity contribution in [2.24, 2.45) is 17.8 Å². The number of nitrogens with one attached hydrogen (secondary N) is 1. The van der Waals surface area contributed by atoms with Crippen LogP contribution < -0.4 is 5.32 Å². The van der Waals surface area contributed by atoms with E-state index in [9.17, 15) is 4.79 Å². The van der Waals surface area contributed by atoms with E-state index in [1.807, 2.05) is 25.1 Å². The summed E-state index contributed by atoms with van der Waals surface area (Å²) < 4.78 is 0. The third-order valence-electron chi connectivity index (χ3n) is 7.56. The summed E-state index contributed by atoms with van der Waals surface area (Å²) in [5.74, 6) is 2.85. The zero-order chi connectivity index (χ0) is 18.6. The minimum absolute atomic E-state index is 0.0272. The topological polar surface area (TPSA) is 29.1 Å². The van der Waals surface area contributed by atoms with Crippen molar-refractivity contribution in [2.45, 2.75) is 57.8 Å². The Morgan fingerprint density at radius 2 is 1.44 bits per heavy atom. The molecule has 0 aliphatic heterocycles. The summed E-state index contributed by atoms with van der Waals surface area (Å²) in [7, 11) is 0. The lowest BCUT2D eigenvalue weighted by atomic mass is 9.48. The summed E-state index contributed by atoms with van der Waals surface area (Å²) in [6.45, 7) is 4.12. The number of carbonyl (C=O) groups is 1. The lowest BCUT2D eigenvalue weighted by molar-refractivity contribution is -0.00518. The highest BCUT2D eigenvalue weighted by molar-refractivity contribution is 6.04. The molecular weight excluding hydrogens is 330 g/mol. The number of aryl methyl sites for hydroxylation is 2. The van der Waals surface area contributed by atoms with Crippen molar-refractivity contribution in [3.8, 4) is 0 Å². The second-order valence-electron chi connectivity index (χ2n) is 9.53. The predicted molar refractivity (Wildman–Crippen MR) is 110 cm³/mol. The molecule has 0 atom stereocenters. The molecule has 2 aromatic carbocycles. The molecule has 2 aromatic rings. The molecule has 4 bridgehead atoms. The first kappa shape index (κ1) is 17.0. The van der Waals surface area contributed by atoms with Gasteiger partial charge in [0.1, 0.15) is 0 Å². The van der Waals surface area contributed by atoms with E-state index in [1.165, 1.54) is 49.7 Å². The molecule has 27 heavy (non-hydrogen) atoms. The van der Waals surface area contributed by atoms with Gasteiger partial charge in [0.15, 0.2) is 0 Å². The van der Waals surface area contributed by atoms with Crippen LogP contribution in [0.25, 0.3) is 0 Å². The van der Waals surface area contributed by atoms with Gasteiger partial charge in [0.05, 0.1) is 0 Å². The zero-order valence-electron chi connectivity index (χ0n) is 16.4. The van der Waals surface area contributed by atoms with Gasteiger partial charge < -0.3 is 5.32 Å². The fourth-order valence-corrected chi connectivity index (χ4v) is 6.46. The Bertz CT molecular complexity index is 844. The molecule has 1 N–H and O–H groups in total. The van der Waals surface area contributed by atoms with Gasteiger partial charge in [-0.25, -0.2) is 0 Å². The summed E-state index contributed by atoms with van der Waals surface area (Å²) in [5, 5.41) is 3.07. The number of amides is 1. The second kappa shape index (κ2) is 6.22. The van der Waals surface area contributed by atoms with Crippen molar-refractivity contribution in [2.75, 3.05) is 5.32 Å². The number of rotatable bonds is 3. The van der Waals surface area contributed by atoms with E-state index in [0.717, 1.165) is 34.6 Å². The van der Waals surface area contributed by atoms with E-state index in [-0.39, 0.29) is 5.91 Å². The van der Waals surface area contributed by atoms with Crippen molar-refractivity contribution < 1.29 is 4.79 Å². The highest BCUT2D eigenvalue weighted by Gasteiger charge is 2.51. The van der Waals surface area contributed by atoms with E-state index in [0.29, 0.717) is 5.41 Å². The van der Waals surface area contributed by atoms with Crippen LogP contribution in [0.2, 0.25) is 0 Å². The molecule has 140 valence electrons. The molecule has 0 heterocycles. The molecule has 0 radical (unpaired) electrons. The first-order valence-corrected chi connectivity index (χ1v) is 10.5. The summed E-state index contributed by atoms with van der Waals surface area (Å²) in [4.78, 5) is 12.6. The van der Waals surface area contributed by atoms with Crippen LogP contribution in [0.1, 0.15) is 65.6 Å². The minimum Gasteiger partial charge on any atom is -0.322 e. The number of anilines is 1. The Kier molecular flexibility index (Phi) is 3.93. The van der Waals surface area contributed by atoms with E-state index >= 15 is 0 Å². The second-order valence-corrected chi connectivity index (χ2v) is 9.53. The molecule has 4 aliphatic carbocycles. The zero-order valence-corrected chi connectivity index (χ0v) is 16.4. The molecule has 4 saturated carbocycles. The Balaban J connectivity index is 1.33. The maximum absolute atomic E-state index is 12.6. The van der Waals surface area contributed by atoms with Crippen LogP contribution in [-0.2, 0) is 5.41 Å². The Labute approximate surface area is 162 Å². The summed E-state index contributed by atoms with van der Waals surface area (Å²) in [5.41, 5.74) is 5.91. The van der Waals surface area contributed by atoms with Crippen molar-refractivity contribution in [1.82, 2.24) is 0 Å². The van der Waals surface area contributed by atoms with Crippen molar-refractivity contribution in [3.63, 3.8) is 0 Å². The van der Waals surface area contributed by atoms with Crippen LogP contribution in [0, 0.1) is 31.6 Å². The molecule has 4 aliphatic rings. The lowest BCUT2D eigenvalue weighted by Gasteiger charge is -2.57. The van der Waals surface area contributed by atoms with Gasteiger partial charge in [-0.3, -0.25) is 4.79 Å². The Hall–Kier alpha value is -2.09. The van der Waals surface area contributed by atoms with Crippen LogP contribution in [0.3, 0.4) is 0 Å². The highest BCUT2D eigenvalue weighted by Crippen LogP contribution is 2.60. The van der Waals surface area contributed by atoms with Crippen molar-refractivity contribution in [1.29, 1.82) is 0 Å². The smallest absolute Gasteiger partial charge is 0.255 e. The van der Waals surface area contributed by atoms with Gasteiger partial charge >= 0.3 is 0 Å². The van der Waals surface area contributed by atoms with E-state index in [2.05, 4.69) is 36.5 Å². The number of benzene rings is 2. The molecule has 0 spiro atoms. The van der Waals surface area contributed by atoms with Gasteiger partial charge in [-0.05, 0) is 116 Å². The molecule has 0 aromatic heterocycles. The minimum atomic E-state index is -0.0272. The predicted octanol–water partition coefficient (Wildman–Crippen LogP) is 6.02. The van der Waals surface area contributed by atoms with Crippen LogP contribution >= 0.6 is 0 Å². The van der Waals surface area contributed by atoms with Crippen molar-refractivity contribution in [3.05, 3.63) is 64.7 Å². The van der Waals surface area contributed by atoms with E-state index in [4.69, 9.17) is 0 Å². The standard InChI is InChI=1S/C25H29NO/c1-16-3-4-21(9-17(16)2)24(27)26-23-7-5-22(6-8-23)25-13-18-10-19(14-25)12-20(11-18)15-25/h3-9,18-20H,10-15H2,1-2H3,(H,26,27). The van der Waals surface area contributed by atoms with Crippen molar-refractivity contribution >= 4 is 11.6 Å². The summed E-state index contributed by atoms with van der Waals surface area (Å²) in [6, 6.07) is 14.7. The van der Waals surface area contributed by atoms with Gasteiger partial charge in [-0.1, -0.05) is 18.2 Å². The number of hydrogen-bond donors (Lipinski definition) is 1. The quantitative estimate of drug-likeness (QED) is 0.713.